The lowest BCUT2D eigenvalue weighted by molar-refractivity contribution is 0.686. The number of fused-ring (bicyclic) bond motifs is 1. The van der Waals surface area contributed by atoms with Gasteiger partial charge in [-0.25, -0.2) is 4.21 Å². The zero-order chi connectivity index (χ0) is 13.4. The van der Waals surface area contributed by atoms with E-state index in [0.29, 0.717) is 4.90 Å². The van der Waals surface area contributed by atoms with Crippen LogP contribution < -0.4 is 4.72 Å². The van der Waals surface area contributed by atoms with Gasteiger partial charge in [-0.1, -0.05) is 6.07 Å². The van der Waals surface area contributed by atoms with E-state index >= 15 is 0 Å². The first-order valence-corrected chi connectivity index (χ1v) is 6.91. The Labute approximate surface area is 112 Å². The third kappa shape index (κ3) is 2.01. The Morgan fingerprint density at radius 1 is 1.42 bits per heavy atom. The molecule has 1 unspecified atom stereocenters. The lowest BCUT2D eigenvalue weighted by atomic mass is 10.2. The van der Waals surface area contributed by atoms with Crippen LogP contribution >= 0.6 is 0 Å². The zero-order valence-electron chi connectivity index (χ0n) is 10.5. The predicted molar refractivity (Wildman–Crippen MR) is 74.1 cm³/mol. The molecule has 2 heterocycles. The van der Waals surface area contributed by atoms with Crippen molar-refractivity contribution in [3.8, 4) is 0 Å². The second-order valence-corrected chi connectivity index (χ2v) is 5.43. The highest BCUT2D eigenvalue weighted by molar-refractivity contribution is 7.86. The first-order valence-electron chi connectivity index (χ1n) is 5.76. The van der Waals surface area contributed by atoms with E-state index in [1.807, 2.05) is 36.9 Å². The molecule has 98 valence electrons. The Hall–Kier alpha value is -2.15. The molecule has 0 fully saturated rings. The molecule has 1 aromatic carbocycles. The van der Waals surface area contributed by atoms with Crippen molar-refractivity contribution in [1.29, 1.82) is 0 Å². The molecule has 7 heteroatoms. The highest BCUT2D eigenvalue weighted by Gasteiger charge is 2.12. The van der Waals surface area contributed by atoms with E-state index in [2.05, 4.69) is 20.0 Å². The molecule has 2 N–H and O–H groups in total. The average Bonchev–Trinajstić information content (AvgIpc) is 3.00. The van der Waals surface area contributed by atoms with Gasteiger partial charge in [0.2, 0.25) is 0 Å². The molecule has 3 rings (SSSR count). The van der Waals surface area contributed by atoms with Crippen molar-refractivity contribution in [2.75, 3.05) is 4.72 Å². The third-order valence-electron chi connectivity index (χ3n) is 2.94. The number of aromatic amines is 1. The maximum absolute atomic E-state index is 12.1. The van der Waals surface area contributed by atoms with Gasteiger partial charge in [-0.15, -0.1) is 0 Å². The van der Waals surface area contributed by atoms with E-state index in [4.69, 9.17) is 0 Å². The van der Waals surface area contributed by atoms with Gasteiger partial charge in [0, 0.05) is 18.6 Å². The number of nitrogens with one attached hydrogen (secondary N) is 2. The second-order valence-electron chi connectivity index (χ2n) is 4.21. The molecule has 0 radical (unpaired) electrons. The summed E-state index contributed by atoms with van der Waals surface area (Å²) in [6.45, 7) is 1.94. The lowest BCUT2D eigenvalue weighted by Crippen LogP contribution is -2.04. The van der Waals surface area contributed by atoms with Crippen LogP contribution in [-0.2, 0) is 18.0 Å². The molecule has 1 atom stereocenters. The fourth-order valence-corrected chi connectivity index (χ4v) is 2.90. The van der Waals surface area contributed by atoms with Crippen LogP contribution in [0.15, 0.2) is 35.5 Å². The number of H-pyrrole nitrogens is 1. The van der Waals surface area contributed by atoms with E-state index in [0.717, 1.165) is 22.3 Å². The average molecular weight is 275 g/mol. The monoisotopic (exact) mass is 275 g/mol. The van der Waals surface area contributed by atoms with Crippen molar-refractivity contribution in [1.82, 2.24) is 20.0 Å². The fraction of sp³-hybridized carbons (Fsp3) is 0.167. The summed E-state index contributed by atoms with van der Waals surface area (Å²) in [5, 5.41) is 11.8. The maximum atomic E-state index is 12.1. The molecule has 3 aromatic rings. The number of rotatable bonds is 3. The smallest absolute Gasteiger partial charge is 0.153 e. The Morgan fingerprint density at radius 2 is 2.26 bits per heavy atom. The van der Waals surface area contributed by atoms with E-state index in [9.17, 15) is 4.21 Å². The molecular formula is C12H13N5OS. The van der Waals surface area contributed by atoms with Crippen LogP contribution in [-0.4, -0.2) is 24.2 Å². The van der Waals surface area contributed by atoms with Gasteiger partial charge in [0.1, 0.15) is 0 Å². The summed E-state index contributed by atoms with van der Waals surface area (Å²) in [5.41, 5.74) is 2.72. The topological polar surface area (TPSA) is 75.6 Å². The third-order valence-corrected chi connectivity index (χ3v) is 4.00. The minimum atomic E-state index is -1.34. The molecular weight excluding hydrogens is 262 g/mol. The first-order chi connectivity index (χ1) is 9.16. The van der Waals surface area contributed by atoms with Crippen LogP contribution in [0.25, 0.3) is 10.9 Å². The normalized spacial score (nSPS) is 12.7. The summed E-state index contributed by atoms with van der Waals surface area (Å²) < 4.78 is 17.0. The van der Waals surface area contributed by atoms with Crippen LogP contribution in [0.2, 0.25) is 0 Å². The molecule has 0 saturated heterocycles. The largest absolute Gasteiger partial charge is 0.300 e. The van der Waals surface area contributed by atoms with Gasteiger partial charge in [0.05, 0.1) is 28.0 Å². The number of benzene rings is 1. The number of hydrogen-bond donors (Lipinski definition) is 2. The molecule has 0 amide bonds. The first kappa shape index (κ1) is 11.9. The maximum Gasteiger partial charge on any atom is 0.153 e. The summed E-state index contributed by atoms with van der Waals surface area (Å²) in [6, 6.07) is 5.80. The number of aryl methyl sites for hydroxylation is 2. The van der Waals surface area contributed by atoms with Crippen LogP contribution in [0.4, 0.5) is 5.69 Å². The van der Waals surface area contributed by atoms with Crippen LogP contribution in [0.3, 0.4) is 0 Å². The summed E-state index contributed by atoms with van der Waals surface area (Å²) in [6.07, 6.45) is 3.15. The van der Waals surface area contributed by atoms with Crippen LogP contribution in [0.5, 0.6) is 0 Å². The van der Waals surface area contributed by atoms with E-state index in [1.165, 1.54) is 0 Å². The Morgan fingerprint density at radius 3 is 3.00 bits per heavy atom. The second kappa shape index (κ2) is 4.51. The van der Waals surface area contributed by atoms with Crippen molar-refractivity contribution >= 4 is 27.6 Å². The van der Waals surface area contributed by atoms with Gasteiger partial charge < -0.3 is 4.72 Å². The molecule has 0 bridgehead atoms. The van der Waals surface area contributed by atoms with E-state index in [-0.39, 0.29) is 0 Å². The molecule has 0 aliphatic heterocycles. The van der Waals surface area contributed by atoms with Crippen molar-refractivity contribution < 1.29 is 4.21 Å². The fourth-order valence-electron chi connectivity index (χ4n) is 2.10. The van der Waals surface area contributed by atoms with Crippen molar-refractivity contribution in [2.45, 2.75) is 11.8 Å². The highest BCUT2D eigenvalue weighted by Crippen LogP contribution is 2.27. The SMILES string of the molecule is Cc1nn(C)c2cccc(NS(=O)c3cn[nH]c3)c12. The van der Waals surface area contributed by atoms with Gasteiger partial charge in [-0.2, -0.15) is 10.2 Å². The Kier molecular flexibility index (Phi) is 2.83. The van der Waals surface area contributed by atoms with Gasteiger partial charge >= 0.3 is 0 Å². The quantitative estimate of drug-likeness (QED) is 0.764. The predicted octanol–water partition coefficient (Wildman–Crippen LogP) is 1.74. The number of anilines is 1. The van der Waals surface area contributed by atoms with Crippen molar-refractivity contribution in [3.05, 3.63) is 36.3 Å². The molecule has 6 nitrogen and oxygen atoms in total. The summed E-state index contributed by atoms with van der Waals surface area (Å²) in [4.78, 5) is 0.610. The minimum Gasteiger partial charge on any atom is -0.300 e. The number of aromatic nitrogens is 4. The van der Waals surface area contributed by atoms with Crippen molar-refractivity contribution in [2.24, 2.45) is 7.05 Å². The van der Waals surface area contributed by atoms with Crippen molar-refractivity contribution in [3.63, 3.8) is 0 Å². The summed E-state index contributed by atoms with van der Waals surface area (Å²) in [5.74, 6) is 0. The van der Waals surface area contributed by atoms with Gasteiger partial charge in [0.25, 0.3) is 0 Å². The molecule has 0 spiro atoms. The zero-order valence-corrected chi connectivity index (χ0v) is 11.4. The molecule has 2 aromatic heterocycles. The molecule has 0 saturated carbocycles. The van der Waals surface area contributed by atoms with Gasteiger partial charge in [-0.05, 0) is 19.1 Å². The Bertz CT molecular complexity index is 747. The van der Waals surface area contributed by atoms with Crippen LogP contribution in [0.1, 0.15) is 5.69 Å². The number of nitrogens with zero attached hydrogens (tertiary/aromatic N) is 3. The molecule has 0 aliphatic rings. The molecule has 19 heavy (non-hydrogen) atoms. The molecule has 0 aliphatic carbocycles. The highest BCUT2D eigenvalue weighted by atomic mass is 32.2. The van der Waals surface area contributed by atoms with Crippen LogP contribution in [0, 0.1) is 6.92 Å². The minimum absolute atomic E-state index is 0.610. The van der Waals surface area contributed by atoms with Gasteiger partial charge in [0.15, 0.2) is 11.0 Å². The van der Waals surface area contributed by atoms with E-state index < -0.39 is 11.0 Å². The summed E-state index contributed by atoms with van der Waals surface area (Å²) in [7, 11) is 0.556. The Balaban J connectivity index is 2.04. The van der Waals surface area contributed by atoms with E-state index in [1.54, 1.807) is 12.4 Å². The summed E-state index contributed by atoms with van der Waals surface area (Å²) >= 11 is 0. The lowest BCUT2D eigenvalue weighted by Gasteiger charge is -2.06. The van der Waals surface area contributed by atoms with Gasteiger partial charge in [-0.3, -0.25) is 9.78 Å². The number of hydrogen-bond acceptors (Lipinski definition) is 3. The standard InChI is InChI=1S/C12H13N5OS/c1-8-12-10(4-3-5-11(12)17(2)15-8)16-19(18)9-6-13-14-7-9/h3-7,16H,1-2H3,(H,13,14).